The lowest BCUT2D eigenvalue weighted by molar-refractivity contribution is -0.167. The largest absolute Gasteiger partial charge is 0.490 e. The molecule has 3 aromatic rings. The van der Waals surface area contributed by atoms with Gasteiger partial charge in [0.25, 0.3) is 0 Å². The van der Waals surface area contributed by atoms with Gasteiger partial charge in [-0.2, -0.15) is 0 Å². The molecule has 2 N–H and O–H groups in total. The van der Waals surface area contributed by atoms with Crippen LogP contribution in [0, 0.1) is 5.92 Å². The second-order valence-corrected chi connectivity index (χ2v) is 7.80. The van der Waals surface area contributed by atoms with Crippen LogP contribution < -0.4 is 4.74 Å². The molecule has 0 aromatic heterocycles. The van der Waals surface area contributed by atoms with Crippen LogP contribution in [0.2, 0.25) is 0 Å². The maximum atomic E-state index is 13.0. The Balaban J connectivity index is 1.41. The van der Waals surface area contributed by atoms with Crippen molar-refractivity contribution in [1.82, 2.24) is 0 Å². The number of hydrogen-bond donors (Lipinski definition) is 2. The highest BCUT2D eigenvalue weighted by atomic mass is 16.6. The van der Waals surface area contributed by atoms with Crippen molar-refractivity contribution in [2.24, 2.45) is 5.92 Å². The number of para-hydroxylation sites is 1. The van der Waals surface area contributed by atoms with Crippen molar-refractivity contribution in [1.29, 1.82) is 0 Å². The summed E-state index contributed by atoms with van der Waals surface area (Å²) >= 11 is 0. The molecule has 0 radical (unpaired) electrons. The predicted octanol–water partition coefficient (Wildman–Crippen LogP) is 3.11. The van der Waals surface area contributed by atoms with Crippen LogP contribution in [0.5, 0.6) is 5.75 Å². The van der Waals surface area contributed by atoms with E-state index in [0.717, 1.165) is 0 Å². The number of ether oxygens (including phenoxy) is 2. The molecular weight excluding hydrogens is 380 g/mol. The third-order valence-corrected chi connectivity index (χ3v) is 6.19. The fourth-order valence-electron chi connectivity index (χ4n) is 4.85. The lowest BCUT2D eigenvalue weighted by Gasteiger charge is -2.53. The van der Waals surface area contributed by atoms with Crippen LogP contribution in [0.4, 0.5) is 0 Å². The Morgan fingerprint density at radius 1 is 0.800 bits per heavy atom. The quantitative estimate of drug-likeness (QED) is 0.507. The van der Waals surface area contributed by atoms with E-state index in [1.165, 1.54) is 0 Å². The first-order valence-corrected chi connectivity index (χ1v) is 10.0. The summed E-state index contributed by atoms with van der Waals surface area (Å²) in [7, 11) is 0. The molecule has 0 aliphatic heterocycles. The summed E-state index contributed by atoms with van der Waals surface area (Å²) in [6.45, 7) is 0.264. The molecule has 3 aliphatic rings. The van der Waals surface area contributed by atoms with Crippen LogP contribution >= 0.6 is 0 Å². The highest BCUT2D eigenvalue weighted by Gasteiger charge is 2.62. The fraction of sp³-hybridized carbons (Fsp3) is 0.240. The van der Waals surface area contributed by atoms with Gasteiger partial charge in [0.15, 0.2) is 0 Å². The van der Waals surface area contributed by atoms with Crippen molar-refractivity contribution in [3.05, 3.63) is 101 Å². The van der Waals surface area contributed by atoms with E-state index < -0.39 is 23.1 Å². The monoisotopic (exact) mass is 402 g/mol. The van der Waals surface area contributed by atoms with Crippen LogP contribution in [0.25, 0.3) is 0 Å². The van der Waals surface area contributed by atoms with Crippen molar-refractivity contribution < 1.29 is 24.5 Å². The van der Waals surface area contributed by atoms with E-state index in [1.807, 2.05) is 54.6 Å². The van der Waals surface area contributed by atoms with Crippen LogP contribution in [0.3, 0.4) is 0 Å². The molecule has 5 nitrogen and oxygen atoms in total. The van der Waals surface area contributed by atoms with Gasteiger partial charge in [0, 0.05) is 6.42 Å². The number of aliphatic hydroxyl groups is 2. The average molecular weight is 402 g/mol. The van der Waals surface area contributed by atoms with Gasteiger partial charge in [-0.25, -0.2) is 0 Å². The van der Waals surface area contributed by atoms with E-state index in [9.17, 15) is 15.0 Å². The van der Waals surface area contributed by atoms with E-state index in [-0.39, 0.29) is 19.6 Å². The molecular formula is C25H22O5. The van der Waals surface area contributed by atoms with Crippen LogP contribution in [0.15, 0.2) is 78.9 Å². The second kappa shape index (κ2) is 6.97. The number of carbonyl (C=O) groups excluding carboxylic acids is 1. The molecule has 5 heteroatoms. The minimum Gasteiger partial charge on any atom is -0.490 e. The molecule has 0 amide bonds. The molecule has 0 spiro atoms. The standard InChI is InChI=1S/C25H22O5/c26-23(30-15-14-29-17-8-2-1-3-9-17)22-16-24(27)18-10-4-6-12-20(18)25(22,28)21-13-7-5-11-19(21)24/h1-13,22,27-28H,14-16H2. The van der Waals surface area contributed by atoms with Gasteiger partial charge in [-0.05, 0) is 34.4 Å². The summed E-state index contributed by atoms with van der Waals surface area (Å²) in [5.41, 5.74) is -0.498. The minimum absolute atomic E-state index is 0.0576. The Kier molecular flexibility index (Phi) is 4.38. The first-order chi connectivity index (χ1) is 14.5. The summed E-state index contributed by atoms with van der Waals surface area (Å²) in [4.78, 5) is 13.0. The maximum Gasteiger partial charge on any atom is 0.312 e. The molecule has 0 heterocycles. The van der Waals surface area contributed by atoms with Crippen molar-refractivity contribution >= 4 is 5.97 Å². The Bertz CT molecular complexity index is 1040. The van der Waals surface area contributed by atoms with Crippen molar-refractivity contribution in [3.63, 3.8) is 0 Å². The minimum atomic E-state index is -1.55. The van der Waals surface area contributed by atoms with Crippen LogP contribution in [-0.4, -0.2) is 29.4 Å². The number of fused-ring (bicyclic) bond motifs is 1. The number of benzene rings is 3. The van der Waals surface area contributed by atoms with Crippen molar-refractivity contribution in [2.45, 2.75) is 17.6 Å². The highest BCUT2D eigenvalue weighted by Crippen LogP contribution is 2.59. The first-order valence-electron chi connectivity index (χ1n) is 10.0. The summed E-state index contributed by atoms with van der Waals surface area (Å²) < 4.78 is 11.0. The van der Waals surface area contributed by atoms with E-state index in [4.69, 9.17) is 9.47 Å². The van der Waals surface area contributed by atoms with Gasteiger partial charge in [-0.3, -0.25) is 4.79 Å². The summed E-state index contributed by atoms with van der Waals surface area (Å²) in [6, 6.07) is 23.7. The Morgan fingerprint density at radius 2 is 1.33 bits per heavy atom. The maximum absolute atomic E-state index is 13.0. The summed E-state index contributed by atoms with van der Waals surface area (Å²) in [5.74, 6) is -0.762. The average Bonchev–Trinajstić information content (AvgIpc) is 2.79. The molecule has 1 atom stereocenters. The van der Waals surface area contributed by atoms with E-state index >= 15 is 0 Å². The molecule has 1 unspecified atom stereocenters. The predicted molar refractivity (Wildman–Crippen MR) is 110 cm³/mol. The number of hydrogen-bond acceptors (Lipinski definition) is 5. The first kappa shape index (κ1) is 18.9. The molecule has 30 heavy (non-hydrogen) atoms. The molecule has 3 aliphatic carbocycles. The fourth-order valence-corrected chi connectivity index (χ4v) is 4.85. The SMILES string of the molecule is O=C(OCCOc1ccccc1)C1CC2(O)c3ccccc3C1(O)c1ccccc12. The van der Waals surface area contributed by atoms with Gasteiger partial charge in [0.05, 0.1) is 5.92 Å². The number of esters is 1. The number of rotatable bonds is 5. The van der Waals surface area contributed by atoms with Crippen LogP contribution in [0.1, 0.15) is 28.7 Å². The zero-order chi connectivity index (χ0) is 20.8. The highest BCUT2D eigenvalue weighted by molar-refractivity contribution is 5.79. The van der Waals surface area contributed by atoms with Crippen molar-refractivity contribution in [2.75, 3.05) is 13.2 Å². The van der Waals surface area contributed by atoms with E-state index in [1.54, 1.807) is 24.3 Å². The topological polar surface area (TPSA) is 76.0 Å². The van der Waals surface area contributed by atoms with Crippen LogP contribution in [-0.2, 0) is 20.7 Å². The molecule has 0 saturated carbocycles. The zero-order valence-corrected chi connectivity index (χ0v) is 16.3. The number of carbonyl (C=O) groups is 1. The van der Waals surface area contributed by atoms with Gasteiger partial charge >= 0.3 is 5.97 Å². The Hall–Kier alpha value is -3.15. The molecule has 3 aromatic carbocycles. The smallest absolute Gasteiger partial charge is 0.312 e. The van der Waals surface area contributed by atoms with Gasteiger partial charge in [-0.15, -0.1) is 0 Å². The molecule has 0 saturated heterocycles. The summed E-state index contributed by atoms with van der Waals surface area (Å²) in [5, 5.41) is 23.5. The molecule has 2 bridgehead atoms. The van der Waals surface area contributed by atoms with Crippen molar-refractivity contribution in [3.8, 4) is 5.75 Å². The molecule has 152 valence electrons. The van der Waals surface area contributed by atoms with Gasteiger partial charge in [0.1, 0.15) is 30.2 Å². The van der Waals surface area contributed by atoms with Gasteiger partial charge in [-0.1, -0.05) is 66.7 Å². The lowest BCUT2D eigenvalue weighted by Crippen LogP contribution is -2.57. The van der Waals surface area contributed by atoms with E-state index in [2.05, 4.69) is 0 Å². The second-order valence-electron chi connectivity index (χ2n) is 7.80. The van der Waals surface area contributed by atoms with Gasteiger partial charge in [0.2, 0.25) is 0 Å². The summed E-state index contributed by atoms with van der Waals surface area (Å²) in [6.07, 6.45) is 0.0654. The zero-order valence-electron chi connectivity index (χ0n) is 16.3. The molecule has 0 fully saturated rings. The third-order valence-electron chi connectivity index (χ3n) is 6.19. The lowest BCUT2D eigenvalue weighted by atomic mass is 9.54. The Labute approximate surface area is 174 Å². The van der Waals surface area contributed by atoms with E-state index in [0.29, 0.717) is 28.0 Å². The normalized spacial score (nSPS) is 25.9. The third kappa shape index (κ3) is 2.66. The Morgan fingerprint density at radius 3 is 1.93 bits per heavy atom. The van der Waals surface area contributed by atoms with Gasteiger partial charge < -0.3 is 19.7 Å². The molecule has 6 rings (SSSR count).